The van der Waals surface area contributed by atoms with Gasteiger partial charge in [-0.3, -0.25) is 0 Å². The van der Waals surface area contributed by atoms with Gasteiger partial charge in [-0.05, 0) is 95.2 Å². The Bertz CT molecular complexity index is 1910. The normalized spacial score (nSPS) is 19.9. The molecular formula is C44H44N2. The van der Waals surface area contributed by atoms with Crippen LogP contribution in [0.4, 0.5) is 17.1 Å². The van der Waals surface area contributed by atoms with E-state index in [9.17, 15) is 0 Å². The van der Waals surface area contributed by atoms with Crippen molar-refractivity contribution in [3.63, 3.8) is 0 Å². The van der Waals surface area contributed by atoms with Gasteiger partial charge in [0.2, 0.25) is 0 Å². The summed E-state index contributed by atoms with van der Waals surface area (Å²) >= 11 is 0. The summed E-state index contributed by atoms with van der Waals surface area (Å²) < 4.78 is 0. The van der Waals surface area contributed by atoms with Crippen molar-refractivity contribution < 1.29 is 0 Å². The second-order valence-electron chi connectivity index (χ2n) is 13.9. The van der Waals surface area contributed by atoms with Crippen molar-refractivity contribution in [1.29, 1.82) is 0 Å². The predicted molar refractivity (Wildman–Crippen MR) is 197 cm³/mol. The van der Waals surface area contributed by atoms with Crippen LogP contribution in [0.1, 0.15) is 64.2 Å². The molecule has 0 saturated heterocycles. The van der Waals surface area contributed by atoms with Crippen molar-refractivity contribution >= 4 is 22.6 Å². The molecule has 0 radical (unpaired) electrons. The van der Waals surface area contributed by atoms with Crippen LogP contribution in [0.25, 0.3) is 5.57 Å². The number of rotatable bonds is 6. The van der Waals surface area contributed by atoms with Crippen LogP contribution in [0, 0.1) is 0 Å². The second kappa shape index (κ2) is 11.5. The first-order valence-electron chi connectivity index (χ1n) is 16.6. The topological polar surface area (TPSA) is 6.48 Å². The van der Waals surface area contributed by atoms with Gasteiger partial charge in [0, 0.05) is 40.6 Å². The lowest BCUT2D eigenvalue weighted by molar-refractivity contribution is 0.640. The molecule has 2 nitrogen and oxygen atoms in total. The summed E-state index contributed by atoms with van der Waals surface area (Å²) in [4.78, 5) is 4.83. The molecule has 0 saturated carbocycles. The number of allylic oxidation sites excluding steroid dienone is 9. The molecule has 0 atom stereocenters. The third-order valence-electron chi connectivity index (χ3n) is 10.4. The van der Waals surface area contributed by atoms with Crippen molar-refractivity contribution in [1.82, 2.24) is 0 Å². The molecule has 3 aliphatic rings. The monoisotopic (exact) mass is 600 g/mol. The van der Waals surface area contributed by atoms with Crippen LogP contribution in [-0.4, -0.2) is 7.05 Å². The Labute approximate surface area is 275 Å². The number of benzene rings is 4. The lowest BCUT2D eigenvalue weighted by Crippen LogP contribution is -2.22. The van der Waals surface area contributed by atoms with Crippen LogP contribution >= 0.6 is 0 Å². The lowest BCUT2D eigenvalue weighted by atomic mass is 9.81. The van der Waals surface area contributed by atoms with Gasteiger partial charge < -0.3 is 9.80 Å². The second-order valence-corrected chi connectivity index (χ2v) is 13.9. The number of hydrogen-bond donors (Lipinski definition) is 0. The molecule has 0 fully saturated rings. The Morgan fingerprint density at radius 1 is 0.630 bits per heavy atom. The van der Waals surface area contributed by atoms with E-state index in [-0.39, 0.29) is 10.8 Å². The predicted octanol–water partition coefficient (Wildman–Crippen LogP) is 11.4. The first-order chi connectivity index (χ1) is 22.2. The number of anilines is 3. The Morgan fingerprint density at radius 3 is 1.85 bits per heavy atom. The highest BCUT2D eigenvalue weighted by Gasteiger charge is 2.38. The summed E-state index contributed by atoms with van der Waals surface area (Å²) in [5, 5.41) is 0. The first-order valence-corrected chi connectivity index (χ1v) is 16.6. The van der Waals surface area contributed by atoms with Crippen molar-refractivity contribution in [2.45, 2.75) is 58.3 Å². The van der Waals surface area contributed by atoms with E-state index in [2.05, 4.69) is 185 Å². The molecule has 4 aromatic rings. The molecule has 46 heavy (non-hydrogen) atoms. The summed E-state index contributed by atoms with van der Waals surface area (Å²) in [5.74, 6) is 0. The zero-order chi connectivity index (χ0) is 32.1. The number of likely N-dealkylation sites (N-methyl/N-ethyl adjacent to an activating group) is 1. The van der Waals surface area contributed by atoms with Gasteiger partial charge in [0.15, 0.2) is 0 Å². The molecule has 0 spiro atoms. The molecule has 1 aliphatic heterocycles. The van der Waals surface area contributed by atoms with Gasteiger partial charge >= 0.3 is 0 Å². The zero-order valence-corrected chi connectivity index (χ0v) is 28.0. The molecular weight excluding hydrogens is 556 g/mol. The molecule has 2 heteroatoms. The van der Waals surface area contributed by atoms with Crippen LogP contribution in [0.2, 0.25) is 0 Å². The van der Waals surface area contributed by atoms with E-state index < -0.39 is 0 Å². The number of nitrogens with zero attached hydrogens (tertiary/aromatic N) is 2. The minimum absolute atomic E-state index is 0.0359. The molecule has 0 N–H and O–H groups in total. The van der Waals surface area contributed by atoms with Crippen LogP contribution in [0.3, 0.4) is 0 Å². The molecule has 1 heterocycles. The van der Waals surface area contributed by atoms with Gasteiger partial charge in [-0.2, -0.15) is 0 Å². The Hall–Kier alpha value is -4.82. The fourth-order valence-electron chi connectivity index (χ4n) is 8.00. The zero-order valence-electron chi connectivity index (χ0n) is 28.0. The molecule has 7 rings (SSSR count). The Morgan fingerprint density at radius 2 is 1.22 bits per heavy atom. The molecule has 2 aliphatic carbocycles. The third-order valence-corrected chi connectivity index (χ3v) is 10.4. The van der Waals surface area contributed by atoms with E-state index in [0.717, 1.165) is 12.8 Å². The van der Waals surface area contributed by atoms with E-state index in [1.807, 2.05) is 0 Å². The molecule has 0 aromatic heterocycles. The average molecular weight is 601 g/mol. The van der Waals surface area contributed by atoms with Crippen LogP contribution < -0.4 is 9.80 Å². The fraction of sp³-hybridized carbons (Fsp3) is 0.227. The van der Waals surface area contributed by atoms with Gasteiger partial charge in [0.1, 0.15) is 0 Å². The largest absolute Gasteiger partial charge is 0.347 e. The maximum atomic E-state index is 2.46. The van der Waals surface area contributed by atoms with Crippen molar-refractivity contribution in [2.75, 3.05) is 16.8 Å². The summed E-state index contributed by atoms with van der Waals surface area (Å²) in [6.45, 7) is 11.7. The molecule has 0 unspecified atom stereocenters. The summed E-state index contributed by atoms with van der Waals surface area (Å²) in [6.07, 6.45) is 11.6. The minimum atomic E-state index is -0.0702. The summed E-state index contributed by atoms with van der Waals surface area (Å²) in [7, 11) is 2.20. The molecule has 230 valence electrons. The van der Waals surface area contributed by atoms with Gasteiger partial charge in [-0.15, -0.1) is 0 Å². The standard InChI is InChI=1S/C44H44N2/c1-31-36-21-13-14-22-38(36)43(2,3)37(31)29-27-32-25-26-33(28-30-41-44(4,5)39-23-15-16-24-40(39)45(41)6)42(32)46(34-17-9-7-10-18-34)35-19-11-8-12-20-35/h7-24,27-30H,25-26H2,1-6H3. The summed E-state index contributed by atoms with van der Waals surface area (Å²) in [6, 6.07) is 39.4. The Kier molecular flexibility index (Phi) is 7.48. The van der Waals surface area contributed by atoms with Gasteiger partial charge in [-0.25, -0.2) is 0 Å². The lowest BCUT2D eigenvalue weighted by Gasteiger charge is -2.29. The minimum Gasteiger partial charge on any atom is -0.347 e. The van der Waals surface area contributed by atoms with Gasteiger partial charge in [0.25, 0.3) is 0 Å². The molecule has 0 amide bonds. The van der Waals surface area contributed by atoms with Crippen molar-refractivity contribution in [3.8, 4) is 0 Å². The van der Waals surface area contributed by atoms with Gasteiger partial charge in [-0.1, -0.05) is 125 Å². The highest BCUT2D eigenvalue weighted by molar-refractivity contribution is 5.81. The van der Waals surface area contributed by atoms with E-state index in [0.29, 0.717) is 0 Å². The van der Waals surface area contributed by atoms with E-state index >= 15 is 0 Å². The summed E-state index contributed by atoms with van der Waals surface area (Å²) in [5.41, 5.74) is 15.8. The van der Waals surface area contributed by atoms with Crippen molar-refractivity contribution in [2.24, 2.45) is 0 Å². The van der Waals surface area contributed by atoms with Crippen LogP contribution in [0.5, 0.6) is 0 Å². The number of hydrogen-bond acceptors (Lipinski definition) is 2. The smallest absolute Gasteiger partial charge is 0.0525 e. The Balaban J connectivity index is 1.38. The maximum Gasteiger partial charge on any atom is 0.0525 e. The van der Waals surface area contributed by atoms with Crippen LogP contribution in [0.15, 0.2) is 162 Å². The third kappa shape index (κ3) is 4.88. The van der Waals surface area contributed by atoms with E-state index in [1.54, 1.807) is 0 Å². The molecule has 4 aromatic carbocycles. The van der Waals surface area contributed by atoms with Crippen LogP contribution in [-0.2, 0) is 10.8 Å². The van der Waals surface area contributed by atoms with E-state index in [4.69, 9.17) is 0 Å². The molecule has 0 bridgehead atoms. The van der Waals surface area contributed by atoms with E-state index in [1.165, 1.54) is 67.4 Å². The van der Waals surface area contributed by atoms with Crippen molar-refractivity contribution in [3.05, 3.63) is 178 Å². The highest BCUT2D eigenvalue weighted by atomic mass is 15.2. The first kappa shape index (κ1) is 29.9. The highest BCUT2D eigenvalue weighted by Crippen LogP contribution is 2.49. The SMILES string of the molecule is CC1=C(C=CC2=C(N(c3ccccc3)c3ccccc3)C(=CC=C3N(C)c4ccccc4C3(C)C)CC2)C(C)(C)c2ccccc21. The number of para-hydroxylation sites is 3. The average Bonchev–Trinajstić information content (AvgIpc) is 3.62. The quantitative estimate of drug-likeness (QED) is 0.217. The van der Waals surface area contributed by atoms with Gasteiger partial charge in [0.05, 0.1) is 5.70 Å². The number of fused-ring (bicyclic) bond motifs is 2. The maximum absolute atomic E-state index is 2.46. The fourth-order valence-corrected chi connectivity index (χ4v) is 8.00.